The van der Waals surface area contributed by atoms with Crippen LogP contribution in [0.4, 0.5) is 0 Å². The normalized spacial score (nSPS) is 11.2. The Morgan fingerprint density at radius 2 is 2.20 bits per heavy atom. The second-order valence-electron chi connectivity index (χ2n) is 4.24. The van der Waals surface area contributed by atoms with Crippen LogP contribution in [0.3, 0.4) is 0 Å². The molecule has 0 aliphatic heterocycles. The fraction of sp³-hybridized carbons (Fsp3) is 0.143. The molecule has 0 spiro atoms. The van der Waals surface area contributed by atoms with E-state index in [4.69, 9.17) is 16.3 Å². The van der Waals surface area contributed by atoms with E-state index < -0.39 is 0 Å². The van der Waals surface area contributed by atoms with Gasteiger partial charge in [0.15, 0.2) is 5.15 Å². The molecule has 0 unspecified atom stereocenters. The third kappa shape index (κ3) is 2.17. The van der Waals surface area contributed by atoms with Gasteiger partial charge in [-0.15, -0.1) is 0 Å². The van der Waals surface area contributed by atoms with Crippen LogP contribution in [-0.2, 0) is 4.74 Å². The van der Waals surface area contributed by atoms with Gasteiger partial charge in [-0.1, -0.05) is 27.5 Å². The van der Waals surface area contributed by atoms with Crippen molar-refractivity contribution in [3.05, 3.63) is 45.7 Å². The van der Waals surface area contributed by atoms with Crippen molar-refractivity contribution in [2.75, 3.05) is 6.61 Å². The average Bonchev–Trinajstić information content (AvgIpc) is 2.84. The van der Waals surface area contributed by atoms with Crippen molar-refractivity contribution >= 4 is 50.1 Å². The molecule has 0 atom stereocenters. The first-order valence-electron chi connectivity index (χ1n) is 6.04. The summed E-state index contributed by atoms with van der Waals surface area (Å²) in [5, 5.41) is 0.353. The monoisotopic (exact) mass is 352 g/mol. The summed E-state index contributed by atoms with van der Waals surface area (Å²) in [6.07, 6.45) is 1.72. The highest BCUT2D eigenvalue weighted by atomic mass is 79.9. The maximum atomic E-state index is 11.8. The average molecular weight is 354 g/mol. The van der Waals surface area contributed by atoms with Crippen LogP contribution in [0.5, 0.6) is 0 Å². The molecule has 0 aliphatic carbocycles. The smallest absolute Gasteiger partial charge is 0.339 e. The zero-order valence-corrected chi connectivity index (χ0v) is 12.9. The van der Waals surface area contributed by atoms with Crippen LogP contribution >= 0.6 is 27.5 Å². The van der Waals surface area contributed by atoms with Crippen LogP contribution in [0.25, 0.3) is 16.6 Å². The lowest BCUT2D eigenvalue weighted by Crippen LogP contribution is -2.02. The Hall–Kier alpha value is -1.59. The first-order valence-corrected chi connectivity index (χ1v) is 7.21. The Balaban J connectivity index is 2.29. The van der Waals surface area contributed by atoms with E-state index in [1.807, 2.05) is 22.6 Å². The number of rotatable bonds is 2. The van der Waals surface area contributed by atoms with Crippen molar-refractivity contribution in [2.45, 2.75) is 6.92 Å². The van der Waals surface area contributed by atoms with Gasteiger partial charge in [0.05, 0.1) is 28.7 Å². The number of esters is 1. The Bertz CT molecular complexity index is 829. The molecule has 4 nitrogen and oxygen atoms in total. The van der Waals surface area contributed by atoms with Gasteiger partial charge in [-0.2, -0.15) is 0 Å². The van der Waals surface area contributed by atoms with Crippen LogP contribution in [0, 0.1) is 0 Å². The second kappa shape index (κ2) is 5.07. The summed E-state index contributed by atoms with van der Waals surface area (Å²) in [6, 6.07) is 7.41. The topological polar surface area (TPSA) is 43.6 Å². The van der Waals surface area contributed by atoms with E-state index >= 15 is 0 Å². The Morgan fingerprint density at radius 1 is 1.40 bits per heavy atom. The lowest BCUT2D eigenvalue weighted by Gasteiger charge is -2.04. The summed E-state index contributed by atoms with van der Waals surface area (Å²) in [7, 11) is 0. The van der Waals surface area contributed by atoms with Crippen LogP contribution in [-0.4, -0.2) is 22.0 Å². The summed E-state index contributed by atoms with van der Waals surface area (Å²) in [6.45, 7) is 2.11. The molecule has 0 aliphatic rings. The van der Waals surface area contributed by atoms with Gasteiger partial charge in [0.1, 0.15) is 0 Å². The first kappa shape index (κ1) is 13.4. The molecule has 0 radical (unpaired) electrons. The third-order valence-corrected chi connectivity index (χ3v) is 3.73. The van der Waals surface area contributed by atoms with Crippen molar-refractivity contribution in [2.24, 2.45) is 0 Å². The molecule has 3 aromatic rings. The molecule has 2 aromatic heterocycles. The molecule has 1 aromatic carbocycles. The molecule has 6 heteroatoms. The number of aromatic nitrogens is 2. The van der Waals surface area contributed by atoms with Crippen molar-refractivity contribution in [1.29, 1.82) is 0 Å². The summed E-state index contributed by atoms with van der Waals surface area (Å²) in [5.41, 5.74) is 2.78. The molecule has 0 amide bonds. The standard InChI is InChI=1S/C14H10BrClN2O2/c1-2-20-14(19)8-5-12-13(16)17-10-6-9(15)3-4-11(10)18(12)7-8/h3-7H,2H2,1H3. The van der Waals surface area contributed by atoms with Gasteiger partial charge in [0, 0.05) is 10.7 Å². The Kier molecular flexibility index (Phi) is 3.40. The number of nitrogens with zero attached hydrogens (tertiary/aromatic N) is 2. The molecule has 0 N–H and O–H groups in total. The largest absolute Gasteiger partial charge is 0.462 e. The van der Waals surface area contributed by atoms with E-state index in [0.29, 0.717) is 22.8 Å². The zero-order chi connectivity index (χ0) is 14.3. The van der Waals surface area contributed by atoms with Crippen LogP contribution in [0.15, 0.2) is 34.9 Å². The maximum absolute atomic E-state index is 11.8. The zero-order valence-electron chi connectivity index (χ0n) is 10.6. The number of ether oxygens (including phenoxy) is 1. The second-order valence-corrected chi connectivity index (χ2v) is 5.51. The van der Waals surface area contributed by atoms with Gasteiger partial charge in [0.25, 0.3) is 0 Å². The van der Waals surface area contributed by atoms with Crippen LogP contribution in [0.2, 0.25) is 5.15 Å². The fourth-order valence-corrected chi connectivity index (χ4v) is 2.69. The van der Waals surface area contributed by atoms with Gasteiger partial charge in [-0.05, 0) is 31.2 Å². The number of hydrogen-bond donors (Lipinski definition) is 0. The number of halogens is 2. The molecular weight excluding hydrogens is 344 g/mol. The van der Waals surface area contributed by atoms with Crippen molar-refractivity contribution in [1.82, 2.24) is 9.38 Å². The molecule has 0 fully saturated rings. The molecular formula is C14H10BrClN2O2. The predicted molar refractivity (Wildman–Crippen MR) is 81.4 cm³/mol. The summed E-state index contributed by atoms with van der Waals surface area (Å²) in [5.74, 6) is -0.363. The van der Waals surface area contributed by atoms with Crippen molar-refractivity contribution in [3.63, 3.8) is 0 Å². The molecule has 20 heavy (non-hydrogen) atoms. The lowest BCUT2D eigenvalue weighted by atomic mass is 10.3. The summed E-state index contributed by atoms with van der Waals surface area (Å²) >= 11 is 9.59. The van der Waals surface area contributed by atoms with E-state index in [1.165, 1.54) is 0 Å². The van der Waals surface area contributed by atoms with Crippen molar-refractivity contribution in [3.8, 4) is 0 Å². The third-order valence-electron chi connectivity index (χ3n) is 2.96. The highest BCUT2D eigenvalue weighted by molar-refractivity contribution is 9.10. The molecule has 0 bridgehead atoms. The quantitative estimate of drug-likeness (QED) is 0.652. The molecule has 0 saturated heterocycles. The lowest BCUT2D eigenvalue weighted by molar-refractivity contribution is 0.0526. The SMILES string of the molecule is CCOC(=O)c1cc2c(Cl)nc3cc(Br)ccc3n2c1. The summed E-state index contributed by atoms with van der Waals surface area (Å²) < 4.78 is 7.78. The first-order chi connectivity index (χ1) is 9.60. The maximum Gasteiger partial charge on any atom is 0.339 e. The van der Waals surface area contributed by atoms with Crippen LogP contribution in [0.1, 0.15) is 17.3 Å². The highest BCUT2D eigenvalue weighted by Gasteiger charge is 2.14. The highest BCUT2D eigenvalue weighted by Crippen LogP contribution is 2.26. The molecule has 2 heterocycles. The molecule has 3 rings (SSSR count). The summed E-state index contributed by atoms with van der Waals surface area (Å²) in [4.78, 5) is 16.2. The number of carbonyl (C=O) groups excluding carboxylic acids is 1. The minimum atomic E-state index is -0.363. The van der Waals surface area contributed by atoms with E-state index in [9.17, 15) is 4.79 Å². The van der Waals surface area contributed by atoms with E-state index in [2.05, 4.69) is 20.9 Å². The molecule has 102 valence electrons. The number of fused-ring (bicyclic) bond motifs is 3. The van der Waals surface area contributed by atoms with E-state index in [0.717, 1.165) is 15.5 Å². The Labute approximate surface area is 128 Å². The van der Waals surface area contributed by atoms with Crippen LogP contribution < -0.4 is 0 Å². The Morgan fingerprint density at radius 3 is 2.95 bits per heavy atom. The number of benzene rings is 1. The molecule has 0 saturated carbocycles. The van der Waals surface area contributed by atoms with Gasteiger partial charge in [-0.25, -0.2) is 9.78 Å². The van der Waals surface area contributed by atoms with Gasteiger partial charge >= 0.3 is 5.97 Å². The van der Waals surface area contributed by atoms with Gasteiger partial charge in [0.2, 0.25) is 0 Å². The van der Waals surface area contributed by atoms with Gasteiger partial charge in [-0.3, -0.25) is 0 Å². The minimum Gasteiger partial charge on any atom is -0.462 e. The van der Waals surface area contributed by atoms with E-state index in [-0.39, 0.29) is 5.97 Å². The minimum absolute atomic E-state index is 0.338. The van der Waals surface area contributed by atoms with E-state index in [1.54, 1.807) is 19.2 Å². The predicted octanol–water partition coefficient (Wildman–Crippen LogP) is 4.08. The van der Waals surface area contributed by atoms with Gasteiger partial charge < -0.3 is 9.14 Å². The number of carbonyl (C=O) groups is 1. The van der Waals surface area contributed by atoms with Crippen molar-refractivity contribution < 1.29 is 9.53 Å². The fourth-order valence-electron chi connectivity index (χ4n) is 2.10. The number of hydrogen-bond acceptors (Lipinski definition) is 3.